The highest BCUT2D eigenvalue weighted by atomic mass is 19.1. The second-order valence-electron chi connectivity index (χ2n) is 13.2. The van der Waals surface area contributed by atoms with E-state index >= 15 is 0 Å². The smallest absolute Gasteiger partial charge is 0.160 e. The highest BCUT2D eigenvalue weighted by Crippen LogP contribution is 2.41. The first-order valence-corrected chi connectivity index (χ1v) is 17.2. The average Bonchev–Trinajstić information content (AvgIpc) is 3.52. The van der Waals surface area contributed by atoms with Gasteiger partial charge in [0.25, 0.3) is 0 Å². The number of fused-ring (bicyclic) bond motifs is 3. The minimum atomic E-state index is -0.793. The molecule has 2 aromatic heterocycles. The number of para-hydroxylation sites is 2. The number of halogens is 4. The highest BCUT2D eigenvalue weighted by molar-refractivity contribution is 6.10. The monoisotopic (exact) mass is 699 g/mol. The molecule has 256 valence electrons. The van der Waals surface area contributed by atoms with Crippen molar-refractivity contribution in [3.63, 3.8) is 0 Å². The highest BCUT2D eigenvalue weighted by Gasteiger charge is 2.22. The van der Waals surface area contributed by atoms with Gasteiger partial charge in [-0.1, -0.05) is 91.0 Å². The quantitative estimate of drug-likeness (QED) is 0.162. The van der Waals surface area contributed by atoms with Crippen LogP contribution >= 0.6 is 0 Å². The molecule has 0 aliphatic heterocycles. The van der Waals surface area contributed by atoms with Crippen LogP contribution in [-0.2, 0) is 0 Å². The topological polar surface area (TPSA) is 30.7 Å². The second kappa shape index (κ2) is 13.2. The van der Waals surface area contributed by atoms with Crippen LogP contribution in [0, 0.1) is 23.3 Å². The maximum Gasteiger partial charge on any atom is 0.160 e. The van der Waals surface area contributed by atoms with E-state index in [4.69, 9.17) is 4.98 Å². The summed E-state index contributed by atoms with van der Waals surface area (Å²) in [4.78, 5) is 9.24. The third kappa shape index (κ3) is 6.20. The lowest BCUT2D eigenvalue weighted by Crippen LogP contribution is -2.07. The Labute approximate surface area is 302 Å². The first kappa shape index (κ1) is 32.3. The number of rotatable bonds is 6. The molecule has 2 heterocycles. The predicted octanol–water partition coefficient (Wildman–Crippen LogP) is 12.3. The summed E-state index contributed by atoms with van der Waals surface area (Å²) in [5.74, 6) is -3.03. The van der Waals surface area contributed by atoms with Gasteiger partial charge in [-0.25, -0.2) is 27.5 Å². The van der Waals surface area contributed by atoms with Gasteiger partial charge in [0.2, 0.25) is 0 Å². The first-order valence-electron chi connectivity index (χ1n) is 17.2. The van der Waals surface area contributed by atoms with Gasteiger partial charge >= 0.3 is 0 Å². The zero-order valence-electron chi connectivity index (χ0n) is 28.1. The molecule has 0 bridgehead atoms. The van der Waals surface area contributed by atoms with Crippen molar-refractivity contribution in [1.82, 2.24) is 14.5 Å². The molecule has 0 saturated carbocycles. The van der Waals surface area contributed by atoms with Crippen LogP contribution in [-0.4, -0.2) is 14.5 Å². The molecule has 0 saturated heterocycles. The third-order valence-corrected chi connectivity index (χ3v) is 9.73. The molecule has 0 radical (unpaired) electrons. The fraction of sp³-hybridized carbons (Fsp3) is 0.0435. The van der Waals surface area contributed by atoms with E-state index in [9.17, 15) is 17.6 Å². The molecule has 0 spiro atoms. The van der Waals surface area contributed by atoms with Crippen LogP contribution in [0.25, 0.3) is 67.0 Å². The van der Waals surface area contributed by atoms with E-state index in [-0.39, 0.29) is 28.6 Å². The van der Waals surface area contributed by atoms with Crippen LogP contribution in [0.5, 0.6) is 0 Å². The number of aromatic nitrogens is 3. The zero-order valence-corrected chi connectivity index (χ0v) is 28.1. The molecule has 0 fully saturated rings. The zero-order chi connectivity index (χ0) is 36.1. The van der Waals surface area contributed by atoms with Crippen molar-refractivity contribution in [3.05, 3.63) is 192 Å². The summed E-state index contributed by atoms with van der Waals surface area (Å²) in [6, 6.07) is 43.0. The normalized spacial score (nSPS) is 14.4. The van der Waals surface area contributed by atoms with Crippen molar-refractivity contribution in [2.24, 2.45) is 0 Å². The maximum atomic E-state index is 14.4. The SMILES string of the molecule is Fc1cc(F)cc(-c2cc(-c3cccc(C4=CC(n5c6ccccc6c6ccccc65)=CC(c5ccccc5)C4)c3)nc(-c3cc(F)cc(F)c3)n2)c1. The number of allylic oxidation sites excluding steroid dienone is 4. The lowest BCUT2D eigenvalue weighted by molar-refractivity contribution is 0.583. The van der Waals surface area contributed by atoms with E-state index in [2.05, 4.69) is 101 Å². The molecule has 1 atom stereocenters. The molecule has 1 aliphatic rings. The fourth-order valence-corrected chi connectivity index (χ4v) is 7.38. The Bertz CT molecular complexity index is 2600. The van der Waals surface area contributed by atoms with E-state index in [1.54, 1.807) is 6.07 Å². The summed E-state index contributed by atoms with van der Waals surface area (Å²) in [5.41, 5.74) is 8.14. The lowest BCUT2D eigenvalue weighted by atomic mass is 9.84. The molecule has 1 unspecified atom stereocenters. The minimum absolute atomic E-state index is 0.0172. The molecular weight excluding hydrogens is 671 g/mol. The molecular formula is C46H29F4N3. The minimum Gasteiger partial charge on any atom is -0.310 e. The van der Waals surface area contributed by atoms with E-state index in [1.165, 1.54) is 28.5 Å². The summed E-state index contributed by atoms with van der Waals surface area (Å²) in [6.45, 7) is 0. The predicted molar refractivity (Wildman–Crippen MR) is 204 cm³/mol. The Morgan fingerprint density at radius 3 is 1.68 bits per heavy atom. The van der Waals surface area contributed by atoms with E-state index in [1.807, 2.05) is 24.3 Å². The van der Waals surface area contributed by atoms with Gasteiger partial charge < -0.3 is 4.57 Å². The Balaban J connectivity index is 1.20. The van der Waals surface area contributed by atoms with Crippen LogP contribution in [0.4, 0.5) is 17.6 Å². The van der Waals surface area contributed by atoms with E-state index in [0.717, 1.165) is 58.6 Å². The third-order valence-electron chi connectivity index (χ3n) is 9.73. The number of nitrogens with zero attached hydrogens (tertiary/aromatic N) is 3. The molecule has 9 rings (SSSR count). The Morgan fingerprint density at radius 2 is 1.04 bits per heavy atom. The molecule has 8 aromatic rings. The van der Waals surface area contributed by atoms with Gasteiger partial charge in [-0.05, 0) is 77.7 Å². The van der Waals surface area contributed by atoms with Crippen LogP contribution in [0.1, 0.15) is 23.5 Å². The first-order chi connectivity index (χ1) is 25.9. The maximum absolute atomic E-state index is 14.4. The average molecular weight is 700 g/mol. The molecule has 53 heavy (non-hydrogen) atoms. The fourth-order valence-electron chi connectivity index (χ4n) is 7.38. The largest absolute Gasteiger partial charge is 0.310 e. The Hall–Kier alpha value is -6.60. The van der Waals surface area contributed by atoms with Gasteiger partial charge in [0.1, 0.15) is 23.3 Å². The number of benzene rings is 6. The van der Waals surface area contributed by atoms with Crippen LogP contribution < -0.4 is 0 Å². The Morgan fingerprint density at radius 1 is 0.491 bits per heavy atom. The van der Waals surface area contributed by atoms with Crippen LogP contribution in [0.2, 0.25) is 0 Å². The summed E-state index contributed by atoms with van der Waals surface area (Å²) in [7, 11) is 0. The molecule has 3 nitrogen and oxygen atoms in total. The van der Waals surface area contributed by atoms with Crippen molar-refractivity contribution in [1.29, 1.82) is 0 Å². The van der Waals surface area contributed by atoms with Crippen LogP contribution in [0.15, 0.2) is 158 Å². The summed E-state index contributed by atoms with van der Waals surface area (Å²) >= 11 is 0. The van der Waals surface area contributed by atoms with Gasteiger partial charge in [-0.2, -0.15) is 0 Å². The second-order valence-corrected chi connectivity index (χ2v) is 13.2. The summed E-state index contributed by atoms with van der Waals surface area (Å²) in [5, 5.41) is 2.35. The summed E-state index contributed by atoms with van der Waals surface area (Å²) < 4.78 is 59.9. The molecule has 7 heteroatoms. The van der Waals surface area contributed by atoms with Crippen molar-refractivity contribution in [2.75, 3.05) is 0 Å². The van der Waals surface area contributed by atoms with Crippen molar-refractivity contribution >= 4 is 33.1 Å². The molecule has 6 aromatic carbocycles. The van der Waals surface area contributed by atoms with E-state index in [0.29, 0.717) is 11.3 Å². The lowest BCUT2D eigenvalue weighted by Gasteiger charge is -2.24. The molecule has 1 aliphatic carbocycles. The van der Waals surface area contributed by atoms with Crippen LogP contribution in [0.3, 0.4) is 0 Å². The van der Waals surface area contributed by atoms with Crippen molar-refractivity contribution in [2.45, 2.75) is 12.3 Å². The Kier molecular flexibility index (Phi) is 8.04. The number of hydrogen-bond acceptors (Lipinski definition) is 2. The van der Waals surface area contributed by atoms with E-state index < -0.39 is 23.3 Å². The van der Waals surface area contributed by atoms with Gasteiger partial charge in [0.05, 0.1) is 22.4 Å². The molecule has 0 amide bonds. The van der Waals surface area contributed by atoms with Crippen molar-refractivity contribution in [3.8, 4) is 33.9 Å². The van der Waals surface area contributed by atoms with Gasteiger partial charge in [0, 0.05) is 51.2 Å². The summed E-state index contributed by atoms with van der Waals surface area (Å²) in [6.07, 6.45) is 5.31. The van der Waals surface area contributed by atoms with Crippen molar-refractivity contribution < 1.29 is 17.6 Å². The standard InChI is InChI=1S/C46H29F4N3/c47-35-19-33(20-36(48)25-35)43-27-42(51-46(52-43)34-21-37(49)26-38(50)22-34)30-12-8-11-29(17-30)32-18-31(28-9-2-1-3-10-28)23-39(24-32)53-44-15-6-4-13-40(44)41-14-5-7-16-45(41)53/h1-17,19-27,31H,18H2. The van der Waals surface area contributed by atoms with Gasteiger partial charge in [0.15, 0.2) is 5.82 Å². The number of hydrogen-bond donors (Lipinski definition) is 0. The van der Waals surface area contributed by atoms with Gasteiger partial charge in [-0.15, -0.1) is 0 Å². The molecule has 0 N–H and O–H groups in total. The van der Waals surface area contributed by atoms with Gasteiger partial charge in [-0.3, -0.25) is 0 Å².